The summed E-state index contributed by atoms with van der Waals surface area (Å²) in [4.78, 5) is 12.4. The van der Waals surface area contributed by atoms with E-state index < -0.39 is 11.7 Å². The summed E-state index contributed by atoms with van der Waals surface area (Å²) in [5.74, 6) is -0.444. The highest BCUT2D eigenvalue weighted by molar-refractivity contribution is 9.10. The number of nitrogens with zero attached hydrogens (tertiary/aromatic N) is 1. The second kappa shape index (κ2) is 9.67. The zero-order valence-corrected chi connectivity index (χ0v) is 16.8. The quantitative estimate of drug-likeness (QED) is 0.386. The van der Waals surface area contributed by atoms with Gasteiger partial charge >= 0.3 is 0 Å². The molecule has 0 atom stereocenters. The number of hydrogen-bond acceptors (Lipinski definition) is 3. The SMILES string of the molecule is N#C/C(=C\c1ccccc1OCc1ccccc1Br)C(=O)Nc1ccc(F)cc1. The van der Waals surface area contributed by atoms with Gasteiger partial charge in [0.25, 0.3) is 5.91 Å². The lowest BCUT2D eigenvalue weighted by Crippen LogP contribution is -2.13. The van der Waals surface area contributed by atoms with Crippen LogP contribution in [0.25, 0.3) is 6.08 Å². The van der Waals surface area contributed by atoms with Crippen molar-refractivity contribution in [3.05, 3.63) is 99.8 Å². The van der Waals surface area contributed by atoms with Gasteiger partial charge in [-0.05, 0) is 42.5 Å². The van der Waals surface area contributed by atoms with Crippen molar-refractivity contribution in [2.24, 2.45) is 0 Å². The second-order valence-electron chi connectivity index (χ2n) is 6.05. The van der Waals surface area contributed by atoms with Crippen molar-refractivity contribution in [3.63, 3.8) is 0 Å². The molecule has 0 heterocycles. The summed E-state index contributed by atoms with van der Waals surface area (Å²) >= 11 is 3.48. The fourth-order valence-corrected chi connectivity index (χ4v) is 2.94. The number of carbonyl (C=O) groups is 1. The molecular formula is C23H16BrFN2O2. The first-order valence-corrected chi connectivity index (χ1v) is 9.50. The monoisotopic (exact) mass is 450 g/mol. The molecule has 3 aromatic rings. The van der Waals surface area contributed by atoms with Gasteiger partial charge in [0.15, 0.2) is 0 Å². The summed E-state index contributed by atoms with van der Waals surface area (Å²) < 4.78 is 19.8. The number of benzene rings is 3. The fourth-order valence-electron chi connectivity index (χ4n) is 2.54. The molecule has 1 amide bonds. The summed E-state index contributed by atoms with van der Waals surface area (Å²) in [7, 11) is 0. The lowest BCUT2D eigenvalue weighted by atomic mass is 10.1. The first-order chi connectivity index (χ1) is 14.1. The Bertz CT molecular complexity index is 1090. The molecule has 0 aliphatic rings. The van der Waals surface area contributed by atoms with Crippen molar-refractivity contribution in [1.82, 2.24) is 0 Å². The number of carbonyl (C=O) groups excluding carboxylic acids is 1. The van der Waals surface area contributed by atoms with Crippen LogP contribution in [0.5, 0.6) is 5.75 Å². The van der Waals surface area contributed by atoms with Crippen LogP contribution in [0.15, 0.2) is 82.8 Å². The molecule has 3 rings (SSSR count). The normalized spacial score (nSPS) is 10.9. The standard InChI is InChI=1S/C23H16BrFN2O2/c24-21-7-3-1-6-17(21)15-29-22-8-4-2-5-16(22)13-18(14-26)23(28)27-20-11-9-19(25)10-12-20/h1-13H,15H2,(H,27,28)/b18-13+. The molecule has 6 heteroatoms. The van der Waals surface area contributed by atoms with E-state index in [1.807, 2.05) is 36.4 Å². The van der Waals surface area contributed by atoms with Gasteiger partial charge in [-0.25, -0.2) is 4.39 Å². The van der Waals surface area contributed by atoms with E-state index in [0.29, 0.717) is 23.6 Å². The Hall–Kier alpha value is -3.43. The molecule has 0 spiro atoms. The lowest BCUT2D eigenvalue weighted by Gasteiger charge is -2.11. The average molecular weight is 451 g/mol. The van der Waals surface area contributed by atoms with Crippen molar-refractivity contribution in [2.75, 3.05) is 5.32 Å². The second-order valence-corrected chi connectivity index (χ2v) is 6.90. The first kappa shape index (κ1) is 20.3. The number of amides is 1. The van der Waals surface area contributed by atoms with E-state index in [-0.39, 0.29) is 5.57 Å². The highest BCUT2D eigenvalue weighted by Crippen LogP contribution is 2.24. The van der Waals surface area contributed by atoms with Crippen LogP contribution in [-0.2, 0) is 11.4 Å². The summed E-state index contributed by atoms with van der Waals surface area (Å²) in [6, 6.07) is 22.1. The maximum atomic E-state index is 13.0. The van der Waals surface area contributed by atoms with Gasteiger partial charge in [-0.15, -0.1) is 0 Å². The third-order valence-electron chi connectivity index (χ3n) is 4.03. The van der Waals surface area contributed by atoms with Gasteiger partial charge in [-0.3, -0.25) is 4.79 Å². The number of para-hydroxylation sites is 1. The number of nitriles is 1. The Morgan fingerprint density at radius 1 is 1.07 bits per heavy atom. The van der Waals surface area contributed by atoms with Crippen LogP contribution in [0.3, 0.4) is 0 Å². The first-order valence-electron chi connectivity index (χ1n) is 8.71. The zero-order valence-electron chi connectivity index (χ0n) is 15.2. The number of anilines is 1. The Morgan fingerprint density at radius 2 is 1.76 bits per heavy atom. The predicted molar refractivity (Wildman–Crippen MR) is 114 cm³/mol. The molecule has 0 saturated carbocycles. The van der Waals surface area contributed by atoms with Crippen LogP contribution < -0.4 is 10.1 Å². The minimum Gasteiger partial charge on any atom is -0.488 e. The van der Waals surface area contributed by atoms with Crippen LogP contribution in [-0.4, -0.2) is 5.91 Å². The minimum atomic E-state index is -0.584. The average Bonchev–Trinajstić information content (AvgIpc) is 2.73. The van der Waals surface area contributed by atoms with Crippen molar-refractivity contribution in [3.8, 4) is 11.8 Å². The highest BCUT2D eigenvalue weighted by Gasteiger charge is 2.12. The molecule has 0 aliphatic heterocycles. The van der Waals surface area contributed by atoms with Gasteiger partial charge in [0.2, 0.25) is 0 Å². The molecular weight excluding hydrogens is 435 g/mol. The molecule has 0 saturated heterocycles. The summed E-state index contributed by atoms with van der Waals surface area (Å²) in [6.07, 6.45) is 1.47. The smallest absolute Gasteiger partial charge is 0.266 e. The van der Waals surface area contributed by atoms with Crippen molar-refractivity contribution in [1.29, 1.82) is 5.26 Å². The molecule has 0 radical (unpaired) electrons. The topological polar surface area (TPSA) is 62.1 Å². The van der Waals surface area contributed by atoms with Crippen LogP contribution in [0, 0.1) is 17.1 Å². The van der Waals surface area contributed by atoms with Gasteiger partial charge in [0.05, 0.1) is 0 Å². The van der Waals surface area contributed by atoms with Gasteiger partial charge in [-0.2, -0.15) is 5.26 Å². The molecule has 29 heavy (non-hydrogen) atoms. The van der Waals surface area contributed by atoms with Crippen LogP contribution in [0.2, 0.25) is 0 Å². The van der Waals surface area contributed by atoms with E-state index in [4.69, 9.17) is 4.74 Å². The van der Waals surface area contributed by atoms with E-state index in [1.165, 1.54) is 30.3 Å². The van der Waals surface area contributed by atoms with Gasteiger partial charge in [0, 0.05) is 21.3 Å². The summed E-state index contributed by atoms with van der Waals surface area (Å²) in [5, 5.41) is 12.0. The molecule has 3 aromatic carbocycles. The van der Waals surface area contributed by atoms with E-state index >= 15 is 0 Å². The predicted octanol–water partition coefficient (Wildman–Crippen LogP) is 5.71. The van der Waals surface area contributed by atoms with Crippen molar-refractivity contribution < 1.29 is 13.9 Å². The number of rotatable bonds is 6. The van der Waals surface area contributed by atoms with Gasteiger partial charge < -0.3 is 10.1 Å². The third-order valence-corrected chi connectivity index (χ3v) is 4.80. The van der Waals surface area contributed by atoms with E-state index in [1.54, 1.807) is 18.2 Å². The van der Waals surface area contributed by atoms with Crippen molar-refractivity contribution >= 4 is 33.6 Å². The van der Waals surface area contributed by atoms with Gasteiger partial charge in [-0.1, -0.05) is 52.3 Å². The molecule has 4 nitrogen and oxygen atoms in total. The Labute approximate surface area is 176 Å². The molecule has 0 bridgehead atoms. The number of nitrogens with one attached hydrogen (secondary N) is 1. The minimum absolute atomic E-state index is 0.0914. The molecule has 0 aliphatic carbocycles. The van der Waals surface area contributed by atoms with Gasteiger partial charge in [0.1, 0.15) is 29.8 Å². The van der Waals surface area contributed by atoms with Crippen LogP contribution in [0.1, 0.15) is 11.1 Å². The fraction of sp³-hybridized carbons (Fsp3) is 0.0435. The molecule has 0 fully saturated rings. The van der Waals surface area contributed by atoms with Crippen molar-refractivity contribution in [2.45, 2.75) is 6.61 Å². The highest BCUT2D eigenvalue weighted by atomic mass is 79.9. The third kappa shape index (κ3) is 5.53. The van der Waals surface area contributed by atoms with E-state index in [0.717, 1.165) is 10.0 Å². The Morgan fingerprint density at radius 3 is 2.48 bits per heavy atom. The molecule has 0 unspecified atom stereocenters. The Balaban J connectivity index is 1.78. The zero-order chi connectivity index (χ0) is 20.6. The number of hydrogen-bond donors (Lipinski definition) is 1. The summed E-state index contributed by atoms with van der Waals surface area (Å²) in [5.41, 5.74) is 1.88. The van der Waals surface area contributed by atoms with Crippen LogP contribution >= 0.6 is 15.9 Å². The molecule has 0 aromatic heterocycles. The maximum Gasteiger partial charge on any atom is 0.266 e. The number of ether oxygens (including phenoxy) is 1. The molecule has 1 N–H and O–H groups in total. The number of halogens is 2. The summed E-state index contributed by atoms with van der Waals surface area (Å²) in [6.45, 7) is 0.329. The lowest BCUT2D eigenvalue weighted by molar-refractivity contribution is -0.112. The van der Waals surface area contributed by atoms with E-state index in [2.05, 4.69) is 21.2 Å². The maximum absolute atomic E-state index is 13.0. The van der Waals surface area contributed by atoms with Crippen LogP contribution in [0.4, 0.5) is 10.1 Å². The largest absolute Gasteiger partial charge is 0.488 e. The molecule has 144 valence electrons. The van der Waals surface area contributed by atoms with E-state index in [9.17, 15) is 14.4 Å². The Kier molecular flexibility index (Phi) is 6.77.